The van der Waals surface area contributed by atoms with Crippen LogP contribution < -0.4 is 0 Å². The van der Waals surface area contributed by atoms with Crippen molar-refractivity contribution in [2.45, 2.75) is 13.3 Å². The molecule has 0 heterocycles. The smallest absolute Gasteiger partial charge is 0.123 e. The van der Waals surface area contributed by atoms with E-state index in [4.69, 9.17) is 0 Å². The van der Waals surface area contributed by atoms with Crippen LogP contribution in [0.2, 0.25) is 0 Å². The highest BCUT2D eigenvalue weighted by atomic mass is 127. The second-order valence-electron chi connectivity index (χ2n) is 1.46. The molecule has 0 amide bonds. The molecule has 0 N–H and O–H groups in total. The van der Waals surface area contributed by atoms with Crippen LogP contribution in [0.1, 0.15) is 13.3 Å². The zero-order valence-corrected chi connectivity index (χ0v) is 6.51. The Morgan fingerprint density at radius 3 is 2.43 bits per heavy atom. The molecule has 1 unspecified atom stereocenters. The summed E-state index contributed by atoms with van der Waals surface area (Å²) in [6.45, 7) is 2.03. The van der Waals surface area contributed by atoms with Crippen LogP contribution in [0.3, 0.4) is 0 Å². The van der Waals surface area contributed by atoms with Crippen molar-refractivity contribution in [1.29, 1.82) is 0 Å². The lowest BCUT2D eigenvalue weighted by Crippen LogP contribution is -1.99. The number of alkyl halides is 1. The van der Waals surface area contributed by atoms with Crippen molar-refractivity contribution in [3.05, 3.63) is 0 Å². The van der Waals surface area contributed by atoms with Gasteiger partial charge in [0, 0.05) is 10.3 Å². The van der Waals surface area contributed by atoms with Crippen molar-refractivity contribution in [3.63, 3.8) is 0 Å². The Balaban J connectivity index is 3.16. The molecule has 0 aliphatic carbocycles. The normalized spacial score (nSPS) is 13.4. The first-order valence-corrected chi connectivity index (χ1v) is 3.89. The molecule has 0 bridgehead atoms. The maximum Gasteiger partial charge on any atom is 0.123 e. The van der Waals surface area contributed by atoms with Gasteiger partial charge in [-0.15, -0.1) is 0 Å². The monoisotopic (exact) mass is 212 g/mol. The van der Waals surface area contributed by atoms with Gasteiger partial charge in [0.1, 0.15) is 6.29 Å². The Morgan fingerprint density at radius 1 is 1.86 bits per heavy atom. The fraction of sp³-hybridized carbons (Fsp3) is 0.800. The predicted octanol–water partition coefficient (Wildman–Crippen LogP) is 1.65. The molecule has 0 saturated carbocycles. The first-order valence-electron chi connectivity index (χ1n) is 2.36. The maximum absolute atomic E-state index is 9.96. The fourth-order valence-electron chi connectivity index (χ4n) is 0.242. The van der Waals surface area contributed by atoms with E-state index >= 15 is 0 Å². The molecule has 0 fully saturated rings. The van der Waals surface area contributed by atoms with Gasteiger partial charge >= 0.3 is 0 Å². The molecule has 0 aliphatic heterocycles. The van der Waals surface area contributed by atoms with E-state index in [0.29, 0.717) is 5.92 Å². The molecule has 1 atom stereocenters. The minimum absolute atomic E-state index is 0.292. The van der Waals surface area contributed by atoms with Gasteiger partial charge in [-0.1, -0.05) is 29.5 Å². The van der Waals surface area contributed by atoms with Gasteiger partial charge in [-0.05, 0) is 6.42 Å². The van der Waals surface area contributed by atoms with Gasteiger partial charge < -0.3 is 4.79 Å². The minimum Gasteiger partial charge on any atom is -0.303 e. The van der Waals surface area contributed by atoms with E-state index in [1.165, 1.54) is 0 Å². The van der Waals surface area contributed by atoms with Gasteiger partial charge in [0.05, 0.1) is 0 Å². The van der Waals surface area contributed by atoms with E-state index in [1.807, 2.05) is 6.92 Å². The fourth-order valence-corrected chi connectivity index (χ4v) is 1.07. The molecule has 0 spiro atoms. The van der Waals surface area contributed by atoms with E-state index in [0.717, 1.165) is 17.1 Å². The van der Waals surface area contributed by atoms with E-state index in [2.05, 4.69) is 22.6 Å². The van der Waals surface area contributed by atoms with Crippen LogP contribution in [0.15, 0.2) is 0 Å². The molecule has 0 aromatic carbocycles. The molecule has 0 saturated heterocycles. The third-order valence-corrected chi connectivity index (χ3v) is 2.05. The maximum atomic E-state index is 9.96. The van der Waals surface area contributed by atoms with Gasteiger partial charge in [0.15, 0.2) is 0 Å². The Morgan fingerprint density at radius 2 is 2.43 bits per heavy atom. The summed E-state index contributed by atoms with van der Waals surface area (Å²) in [5.41, 5.74) is 0. The Bertz CT molecular complexity index is 50.0. The molecule has 0 aromatic rings. The largest absolute Gasteiger partial charge is 0.303 e. The van der Waals surface area contributed by atoms with E-state index in [1.54, 1.807) is 0 Å². The summed E-state index contributed by atoms with van der Waals surface area (Å²) >= 11 is 2.22. The van der Waals surface area contributed by atoms with Crippen LogP contribution in [0, 0.1) is 5.92 Å². The van der Waals surface area contributed by atoms with Crippen LogP contribution in [0.4, 0.5) is 0 Å². The summed E-state index contributed by atoms with van der Waals surface area (Å²) < 4.78 is 0.956. The van der Waals surface area contributed by atoms with Crippen molar-refractivity contribution in [3.8, 4) is 0 Å². The van der Waals surface area contributed by atoms with Crippen molar-refractivity contribution in [2.24, 2.45) is 5.92 Å². The number of hydrogen-bond acceptors (Lipinski definition) is 1. The third kappa shape index (κ3) is 3.02. The minimum atomic E-state index is 0.292. The van der Waals surface area contributed by atoms with E-state index < -0.39 is 0 Å². The molecule has 0 rings (SSSR count). The lowest BCUT2D eigenvalue weighted by molar-refractivity contribution is -0.110. The standard InChI is InChI=1S/C5H9IO/c1-2-5(3-6)4-7/h4-5H,2-3H2,1H3. The van der Waals surface area contributed by atoms with Gasteiger partial charge in [-0.3, -0.25) is 0 Å². The first kappa shape index (κ1) is 7.40. The number of rotatable bonds is 3. The zero-order chi connectivity index (χ0) is 5.70. The average molecular weight is 212 g/mol. The van der Waals surface area contributed by atoms with Crippen LogP contribution in [0.25, 0.3) is 0 Å². The van der Waals surface area contributed by atoms with Crippen LogP contribution in [-0.4, -0.2) is 10.7 Å². The zero-order valence-electron chi connectivity index (χ0n) is 4.36. The molecule has 42 valence electrons. The Labute approximate surface area is 57.6 Å². The summed E-state index contributed by atoms with van der Waals surface area (Å²) in [5.74, 6) is 0.292. The number of carbonyl (C=O) groups excluding carboxylic acids is 1. The van der Waals surface area contributed by atoms with Crippen LogP contribution in [-0.2, 0) is 4.79 Å². The number of halogens is 1. The SMILES string of the molecule is CCC(C=O)CI. The lowest BCUT2D eigenvalue weighted by Gasteiger charge is -1.96. The molecular weight excluding hydrogens is 203 g/mol. The van der Waals surface area contributed by atoms with Crippen molar-refractivity contribution >= 4 is 28.9 Å². The predicted molar refractivity (Wildman–Crippen MR) is 38.7 cm³/mol. The molecule has 1 nitrogen and oxygen atoms in total. The van der Waals surface area contributed by atoms with Gasteiger partial charge in [-0.25, -0.2) is 0 Å². The molecule has 0 aliphatic rings. The topological polar surface area (TPSA) is 17.1 Å². The lowest BCUT2D eigenvalue weighted by atomic mass is 10.2. The van der Waals surface area contributed by atoms with Gasteiger partial charge in [0.2, 0.25) is 0 Å². The quantitative estimate of drug-likeness (QED) is 0.395. The van der Waals surface area contributed by atoms with E-state index in [-0.39, 0.29) is 0 Å². The first-order chi connectivity index (χ1) is 3.35. The average Bonchev–Trinajstić information content (AvgIpc) is 1.72. The highest BCUT2D eigenvalue weighted by Crippen LogP contribution is 2.01. The summed E-state index contributed by atoms with van der Waals surface area (Å²) in [5, 5.41) is 0. The Hall–Kier alpha value is 0.400. The number of aldehydes is 1. The molecule has 2 heteroatoms. The number of carbonyl (C=O) groups is 1. The van der Waals surface area contributed by atoms with Gasteiger partial charge in [0.25, 0.3) is 0 Å². The second-order valence-corrected chi connectivity index (χ2v) is 2.34. The highest BCUT2D eigenvalue weighted by molar-refractivity contribution is 14.1. The summed E-state index contributed by atoms with van der Waals surface area (Å²) in [6, 6.07) is 0. The summed E-state index contributed by atoms with van der Waals surface area (Å²) in [7, 11) is 0. The second kappa shape index (κ2) is 4.56. The molecule has 7 heavy (non-hydrogen) atoms. The summed E-state index contributed by atoms with van der Waals surface area (Å²) in [4.78, 5) is 9.96. The number of hydrogen-bond donors (Lipinski definition) is 0. The molecular formula is C5H9IO. The summed E-state index contributed by atoms with van der Waals surface area (Å²) in [6.07, 6.45) is 2.00. The molecule has 0 radical (unpaired) electrons. The van der Waals surface area contributed by atoms with Crippen LogP contribution >= 0.6 is 22.6 Å². The van der Waals surface area contributed by atoms with Crippen molar-refractivity contribution < 1.29 is 4.79 Å². The highest BCUT2D eigenvalue weighted by Gasteiger charge is 1.97. The molecule has 0 aromatic heterocycles. The third-order valence-electron chi connectivity index (χ3n) is 0.915. The van der Waals surface area contributed by atoms with Gasteiger partial charge in [-0.2, -0.15) is 0 Å². The Kier molecular flexibility index (Phi) is 4.82. The van der Waals surface area contributed by atoms with Crippen LogP contribution in [0.5, 0.6) is 0 Å². The van der Waals surface area contributed by atoms with Crippen molar-refractivity contribution in [2.75, 3.05) is 4.43 Å². The van der Waals surface area contributed by atoms with E-state index in [9.17, 15) is 4.79 Å². The van der Waals surface area contributed by atoms with Crippen molar-refractivity contribution in [1.82, 2.24) is 0 Å².